The molecule has 4 heteroatoms. The van der Waals surface area contributed by atoms with Gasteiger partial charge in [0.2, 0.25) is 10.3 Å². The van der Waals surface area contributed by atoms with Crippen LogP contribution in [0.15, 0.2) is 42.0 Å². The van der Waals surface area contributed by atoms with E-state index in [0.717, 1.165) is 0 Å². The SMILES string of the molecule is CC(=CCO)C(c1ccccc1)=S(=O)=O. The van der Waals surface area contributed by atoms with Gasteiger partial charge < -0.3 is 5.11 Å². The molecule has 0 radical (unpaired) electrons. The van der Waals surface area contributed by atoms with Gasteiger partial charge in [0.1, 0.15) is 4.86 Å². The number of hydrogen-bond acceptors (Lipinski definition) is 3. The highest BCUT2D eigenvalue weighted by Gasteiger charge is 2.06. The maximum absolute atomic E-state index is 11.1. The monoisotopic (exact) mass is 224 g/mol. The zero-order valence-electron chi connectivity index (χ0n) is 8.34. The first-order valence-electron chi connectivity index (χ1n) is 4.46. The molecule has 0 amide bonds. The zero-order valence-corrected chi connectivity index (χ0v) is 9.16. The molecule has 0 saturated carbocycles. The Labute approximate surface area is 90.2 Å². The van der Waals surface area contributed by atoms with E-state index in [9.17, 15) is 8.42 Å². The van der Waals surface area contributed by atoms with E-state index < -0.39 is 10.3 Å². The van der Waals surface area contributed by atoms with Crippen LogP contribution in [-0.2, 0) is 10.3 Å². The third-order valence-corrected chi connectivity index (χ3v) is 2.85. The number of benzene rings is 1. The van der Waals surface area contributed by atoms with Gasteiger partial charge in [-0.2, -0.15) is 8.42 Å². The van der Waals surface area contributed by atoms with Gasteiger partial charge in [-0.15, -0.1) is 0 Å². The summed E-state index contributed by atoms with van der Waals surface area (Å²) in [4.78, 5) is 0.227. The first kappa shape index (κ1) is 11.7. The van der Waals surface area contributed by atoms with Crippen LogP contribution in [0.25, 0.3) is 0 Å². The molecular formula is C11H12O3S. The summed E-state index contributed by atoms with van der Waals surface area (Å²) in [5.41, 5.74) is 1.19. The van der Waals surface area contributed by atoms with Gasteiger partial charge in [-0.25, -0.2) is 0 Å². The van der Waals surface area contributed by atoms with Gasteiger partial charge in [0, 0.05) is 0 Å². The molecule has 0 fully saturated rings. The molecule has 0 aliphatic rings. The van der Waals surface area contributed by atoms with Crippen LogP contribution in [0.1, 0.15) is 12.5 Å². The van der Waals surface area contributed by atoms with Crippen LogP contribution in [0, 0.1) is 0 Å². The molecule has 0 heterocycles. The topological polar surface area (TPSA) is 54.4 Å². The zero-order chi connectivity index (χ0) is 11.3. The Kier molecular flexibility index (Phi) is 4.27. The predicted octanol–water partition coefficient (Wildman–Crippen LogP) is 1.02. The molecule has 0 aliphatic heterocycles. The van der Waals surface area contributed by atoms with Crippen molar-refractivity contribution in [1.82, 2.24) is 0 Å². The van der Waals surface area contributed by atoms with Crippen LogP contribution >= 0.6 is 0 Å². The quantitative estimate of drug-likeness (QED) is 0.474. The summed E-state index contributed by atoms with van der Waals surface area (Å²) in [6.45, 7) is 1.49. The highest BCUT2D eigenvalue weighted by atomic mass is 32.2. The molecule has 80 valence electrons. The van der Waals surface area contributed by atoms with Crippen molar-refractivity contribution < 1.29 is 13.5 Å². The average molecular weight is 224 g/mol. The summed E-state index contributed by atoms with van der Waals surface area (Å²) < 4.78 is 22.1. The fourth-order valence-corrected chi connectivity index (χ4v) is 1.95. The Hall–Kier alpha value is -1.39. The van der Waals surface area contributed by atoms with Gasteiger partial charge in [0.05, 0.1) is 6.61 Å². The molecule has 15 heavy (non-hydrogen) atoms. The van der Waals surface area contributed by atoms with E-state index in [4.69, 9.17) is 5.11 Å². The fraction of sp³-hybridized carbons (Fsp3) is 0.182. The molecule has 0 aromatic heterocycles. The number of allylic oxidation sites excluding steroid dienone is 1. The van der Waals surface area contributed by atoms with Gasteiger partial charge >= 0.3 is 0 Å². The van der Waals surface area contributed by atoms with Crippen molar-refractivity contribution in [1.29, 1.82) is 0 Å². The molecule has 1 rings (SSSR count). The maximum Gasteiger partial charge on any atom is 0.222 e. The van der Waals surface area contributed by atoms with Crippen LogP contribution in [0.2, 0.25) is 0 Å². The number of hydrogen-bond donors (Lipinski definition) is 1. The molecule has 0 aliphatic carbocycles. The van der Waals surface area contributed by atoms with E-state index in [0.29, 0.717) is 11.1 Å². The third-order valence-electron chi connectivity index (χ3n) is 1.96. The maximum atomic E-state index is 11.1. The smallest absolute Gasteiger partial charge is 0.222 e. The molecule has 0 bridgehead atoms. The van der Waals surface area contributed by atoms with E-state index >= 15 is 0 Å². The Morgan fingerprint density at radius 1 is 1.33 bits per heavy atom. The lowest BCUT2D eigenvalue weighted by Crippen LogP contribution is -2.04. The standard InChI is InChI=1S/C11H12O3S/c1-9(7-8-12)11(15(13)14)10-5-3-2-4-6-10/h2-7,12H,8H2,1H3. The molecule has 0 spiro atoms. The summed E-state index contributed by atoms with van der Waals surface area (Å²) in [5, 5.41) is 8.72. The molecule has 1 N–H and O–H groups in total. The summed E-state index contributed by atoms with van der Waals surface area (Å²) in [5.74, 6) is 0. The lowest BCUT2D eigenvalue weighted by Gasteiger charge is -2.02. The van der Waals surface area contributed by atoms with E-state index in [1.807, 2.05) is 6.07 Å². The fourth-order valence-electron chi connectivity index (χ4n) is 1.27. The summed E-state index contributed by atoms with van der Waals surface area (Å²) >= 11 is 0. The van der Waals surface area contributed by atoms with Crippen LogP contribution in [0.5, 0.6) is 0 Å². The lowest BCUT2D eigenvalue weighted by atomic mass is 10.1. The van der Waals surface area contributed by atoms with E-state index in [1.54, 1.807) is 31.2 Å². The Balaban J connectivity index is 3.31. The van der Waals surface area contributed by atoms with Crippen LogP contribution < -0.4 is 0 Å². The van der Waals surface area contributed by atoms with Gasteiger partial charge in [-0.1, -0.05) is 36.4 Å². The number of rotatable bonds is 3. The first-order chi connectivity index (χ1) is 7.16. The number of aliphatic hydroxyl groups is 1. The first-order valence-corrected chi connectivity index (χ1v) is 5.54. The van der Waals surface area contributed by atoms with Crippen molar-refractivity contribution in [3.8, 4) is 0 Å². The summed E-state index contributed by atoms with van der Waals surface area (Å²) in [6, 6.07) is 8.81. The van der Waals surface area contributed by atoms with Crippen molar-refractivity contribution in [2.75, 3.05) is 6.61 Å². The number of aliphatic hydroxyl groups excluding tert-OH is 1. The molecular weight excluding hydrogens is 212 g/mol. The minimum absolute atomic E-state index is 0.167. The van der Waals surface area contributed by atoms with E-state index in [1.165, 1.54) is 6.08 Å². The van der Waals surface area contributed by atoms with Crippen molar-refractivity contribution in [3.63, 3.8) is 0 Å². The molecule has 0 atom stereocenters. The highest BCUT2D eigenvalue weighted by molar-refractivity contribution is 7.74. The van der Waals surface area contributed by atoms with Gasteiger partial charge in [-0.3, -0.25) is 0 Å². The van der Waals surface area contributed by atoms with Gasteiger partial charge in [0.25, 0.3) is 0 Å². The Morgan fingerprint density at radius 3 is 2.40 bits per heavy atom. The van der Waals surface area contributed by atoms with Crippen molar-refractivity contribution in [2.45, 2.75) is 6.92 Å². The van der Waals surface area contributed by atoms with Gasteiger partial charge in [0.15, 0.2) is 0 Å². The van der Waals surface area contributed by atoms with Crippen LogP contribution in [0.3, 0.4) is 0 Å². The second kappa shape index (κ2) is 5.48. The average Bonchev–Trinajstić information content (AvgIpc) is 2.19. The highest BCUT2D eigenvalue weighted by Crippen LogP contribution is 2.07. The lowest BCUT2D eigenvalue weighted by molar-refractivity contribution is 0.342. The second-order valence-corrected chi connectivity index (χ2v) is 3.88. The minimum Gasteiger partial charge on any atom is -0.392 e. The largest absolute Gasteiger partial charge is 0.392 e. The second-order valence-electron chi connectivity index (χ2n) is 3.00. The van der Waals surface area contributed by atoms with Crippen molar-refractivity contribution in [3.05, 3.63) is 47.5 Å². The molecule has 3 nitrogen and oxygen atoms in total. The van der Waals surface area contributed by atoms with Crippen LogP contribution in [-0.4, -0.2) is 25.0 Å². The molecule has 0 saturated heterocycles. The Morgan fingerprint density at radius 2 is 1.93 bits per heavy atom. The van der Waals surface area contributed by atoms with Gasteiger partial charge in [-0.05, 0) is 18.1 Å². The third kappa shape index (κ3) is 3.04. The summed E-state index contributed by atoms with van der Waals surface area (Å²) in [7, 11) is -2.30. The normalized spacial score (nSPS) is 11.2. The van der Waals surface area contributed by atoms with Crippen molar-refractivity contribution >= 4 is 15.2 Å². The predicted molar refractivity (Wildman–Crippen MR) is 60.3 cm³/mol. The van der Waals surface area contributed by atoms with E-state index in [-0.39, 0.29) is 11.5 Å². The Bertz CT molecular complexity index is 476. The van der Waals surface area contributed by atoms with E-state index in [2.05, 4.69) is 0 Å². The molecule has 1 aromatic carbocycles. The minimum atomic E-state index is -2.30. The summed E-state index contributed by atoms with van der Waals surface area (Å²) in [6.07, 6.45) is 1.47. The van der Waals surface area contributed by atoms with Crippen LogP contribution in [0.4, 0.5) is 0 Å². The molecule has 0 unspecified atom stereocenters. The van der Waals surface area contributed by atoms with Crippen molar-refractivity contribution in [2.24, 2.45) is 0 Å². The molecule has 1 aromatic rings.